The van der Waals surface area contributed by atoms with Crippen molar-refractivity contribution in [1.29, 1.82) is 0 Å². The first-order chi connectivity index (χ1) is 8.81. The van der Waals surface area contributed by atoms with Crippen LogP contribution in [0.3, 0.4) is 0 Å². The lowest BCUT2D eigenvalue weighted by Gasteiger charge is -2.21. The topological polar surface area (TPSA) is 116 Å². The Morgan fingerprint density at radius 1 is 1.21 bits per heavy atom. The molecule has 4 atom stereocenters. The molecule has 0 aromatic carbocycles. The second-order valence-corrected chi connectivity index (χ2v) is 5.13. The quantitative estimate of drug-likeness (QED) is 0.586. The van der Waals surface area contributed by atoms with Gasteiger partial charge in [-0.2, -0.15) is 0 Å². The molecule has 1 aliphatic carbocycles. The van der Waals surface area contributed by atoms with Crippen LogP contribution >= 0.6 is 0 Å². The highest BCUT2D eigenvalue weighted by atomic mass is 16.4. The lowest BCUT2D eigenvalue weighted by Crippen LogP contribution is -2.50. The fourth-order valence-electron chi connectivity index (χ4n) is 2.31. The number of amides is 2. The minimum atomic E-state index is -1.41. The van der Waals surface area contributed by atoms with Crippen LogP contribution in [0.5, 0.6) is 0 Å². The molecule has 19 heavy (non-hydrogen) atoms. The molecule has 7 heteroatoms. The van der Waals surface area contributed by atoms with E-state index in [9.17, 15) is 14.4 Å². The largest absolute Gasteiger partial charge is 0.481 e. The van der Waals surface area contributed by atoms with Crippen LogP contribution in [-0.4, -0.2) is 40.3 Å². The Kier molecular flexibility index (Phi) is 5.14. The summed E-state index contributed by atoms with van der Waals surface area (Å²) in [5.74, 6) is -1.78. The second-order valence-electron chi connectivity index (χ2n) is 5.13. The molecule has 1 rings (SSSR count). The van der Waals surface area contributed by atoms with E-state index < -0.39 is 30.4 Å². The number of carbonyl (C=O) groups is 3. The van der Waals surface area contributed by atoms with Crippen molar-refractivity contribution >= 4 is 18.0 Å². The van der Waals surface area contributed by atoms with Crippen LogP contribution < -0.4 is 10.6 Å². The molecule has 0 radical (unpaired) electrons. The van der Waals surface area contributed by atoms with Gasteiger partial charge in [0.05, 0.1) is 6.42 Å². The Morgan fingerprint density at radius 2 is 1.84 bits per heavy atom. The van der Waals surface area contributed by atoms with E-state index in [0.29, 0.717) is 11.8 Å². The van der Waals surface area contributed by atoms with E-state index in [1.807, 2.05) is 6.92 Å². The number of aliphatic carboxylic acids is 2. The van der Waals surface area contributed by atoms with E-state index in [-0.39, 0.29) is 6.04 Å². The highest BCUT2D eigenvalue weighted by Crippen LogP contribution is 2.30. The van der Waals surface area contributed by atoms with Gasteiger partial charge >= 0.3 is 18.0 Å². The van der Waals surface area contributed by atoms with Gasteiger partial charge in [0, 0.05) is 6.04 Å². The SMILES string of the molecule is CC1CCC(NC(=O)N[C@@H](CC(=O)O)C(=O)O)C1C. The third kappa shape index (κ3) is 4.42. The third-order valence-electron chi connectivity index (χ3n) is 3.76. The van der Waals surface area contributed by atoms with Crippen LogP contribution in [0.25, 0.3) is 0 Å². The number of rotatable bonds is 5. The van der Waals surface area contributed by atoms with Crippen LogP contribution in [-0.2, 0) is 9.59 Å². The molecule has 108 valence electrons. The maximum Gasteiger partial charge on any atom is 0.326 e. The molecule has 0 saturated heterocycles. The van der Waals surface area contributed by atoms with Gasteiger partial charge in [0.25, 0.3) is 0 Å². The number of carboxylic acid groups (broad SMARTS) is 2. The molecule has 2 amide bonds. The molecule has 0 spiro atoms. The van der Waals surface area contributed by atoms with Gasteiger partial charge in [-0.3, -0.25) is 4.79 Å². The normalized spacial score (nSPS) is 27.6. The lowest BCUT2D eigenvalue weighted by molar-refractivity contribution is -0.145. The molecule has 1 saturated carbocycles. The van der Waals surface area contributed by atoms with Crippen molar-refractivity contribution in [3.63, 3.8) is 0 Å². The summed E-state index contributed by atoms with van der Waals surface area (Å²) >= 11 is 0. The number of hydrogen-bond donors (Lipinski definition) is 4. The van der Waals surface area contributed by atoms with Crippen molar-refractivity contribution in [3.05, 3.63) is 0 Å². The van der Waals surface area contributed by atoms with Crippen LogP contribution in [0, 0.1) is 11.8 Å². The summed E-state index contributed by atoms with van der Waals surface area (Å²) in [5.41, 5.74) is 0. The molecule has 0 bridgehead atoms. The Bertz CT molecular complexity index is 371. The molecular weight excluding hydrogens is 252 g/mol. The van der Waals surface area contributed by atoms with Crippen LogP contribution in [0.4, 0.5) is 4.79 Å². The standard InChI is InChI=1S/C12H20N2O5/c1-6-3-4-8(7(6)2)13-12(19)14-9(11(17)18)5-10(15)16/h6-9H,3-5H2,1-2H3,(H,15,16)(H,17,18)(H2,13,14,19)/t6?,7?,8?,9-/m0/s1. The minimum absolute atomic E-state index is 0.00859. The predicted octanol–water partition coefficient (Wildman–Crippen LogP) is 0.648. The number of urea groups is 1. The molecule has 0 aliphatic heterocycles. The smallest absolute Gasteiger partial charge is 0.326 e. The maximum absolute atomic E-state index is 11.7. The van der Waals surface area contributed by atoms with Crippen LogP contribution in [0.1, 0.15) is 33.1 Å². The van der Waals surface area contributed by atoms with Gasteiger partial charge in [-0.15, -0.1) is 0 Å². The first-order valence-electron chi connectivity index (χ1n) is 6.33. The van der Waals surface area contributed by atoms with Crippen molar-refractivity contribution < 1.29 is 24.6 Å². The van der Waals surface area contributed by atoms with E-state index in [0.717, 1.165) is 12.8 Å². The zero-order chi connectivity index (χ0) is 14.6. The second kappa shape index (κ2) is 6.40. The van der Waals surface area contributed by atoms with Crippen molar-refractivity contribution in [1.82, 2.24) is 10.6 Å². The fraction of sp³-hybridized carbons (Fsp3) is 0.750. The average Bonchev–Trinajstić information content (AvgIpc) is 2.59. The van der Waals surface area contributed by atoms with Gasteiger partial charge in [0.1, 0.15) is 6.04 Å². The predicted molar refractivity (Wildman–Crippen MR) is 66.7 cm³/mol. The monoisotopic (exact) mass is 272 g/mol. The van der Waals surface area contributed by atoms with E-state index in [4.69, 9.17) is 10.2 Å². The summed E-state index contributed by atoms with van der Waals surface area (Å²) in [6.45, 7) is 4.14. The summed E-state index contributed by atoms with van der Waals surface area (Å²) in [6, 6.07) is -2.03. The molecule has 0 aromatic heterocycles. The van der Waals surface area contributed by atoms with Crippen molar-refractivity contribution in [2.45, 2.75) is 45.2 Å². The van der Waals surface area contributed by atoms with E-state index >= 15 is 0 Å². The van der Waals surface area contributed by atoms with Gasteiger partial charge in [-0.05, 0) is 24.7 Å². The molecule has 3 unspecified atom stereocenters. The molecule has 4 N–H and O–H groups in total. The summed E-state index contributed by atoms with van der Waals surface area (Å²) in [4.78, 5) is 33.0. The number of carboxylic acids is 2. The molecular formula is C12H20N2O5. The highest BCUT2D eigenvalue weighted by molar-refractivity contribution is 5.86. The highest BCUT2D eigenvalue weighted by Gasteiger charge is 2.31. The van der Waals surface area contributed by atoms with Gasteiger partial charge in [-0.25, -0.2) is 9.59 Å². The zero-order valence-electron chi connectivity index (χ0n) is 11.0. The number of carbonyl (C=O) groups excluding carboxylic acids is 1. The van der Waals surface area contributed by atoms with E-state index in [1.54, 1.807) is 0 Å². The Morgan fingerprint density at radius 3 is 2.26 bits per heavy atom. The van der Waals surface area contributed by atoms with Gasteiger partial charge < -0.3 is 20.8 Å². The molecule has 7 nitrogen and oxygen atoms in total. The fourth-order valence-corrected chi connectivity index (χ4v) is 2.31. The zero-order valence-corrected chi connectivity index (χ0v) is 11.0. The number of nitrogens with one attached hydrogen (secondary N) is 2. The minimum Gasteiger partial charge on any atom is -0.481 e. The molecule has 0 heterocycles. The van der Waals surface area contributed by atoms with Crippen molar-refractivity contribution in [2.75, 3.05) is 0 Å². The number of hydrogen-bond acceptors (Lipinski definition) is 3. The van der Waals surface area contributed by atoms with E-state index in [1.165, 1.54) is 0 Å². The van der Waals surface area contributed by atoms with Crippen molar-refractivity contribution in [3.8, 4) is 0 Å². The molecule has 0 aromatic rings. The first-order valence-corrected chi connectivity index (χ1v) is 6.33. The summed E-state index contributed by atoms with van der Waals surface area (Å²) in [5, 5.41) is 22.3. The van der Waals surface area contributed by atoms with Crippen LogP contribution in [0.15, 0.2) is 0 Å². The Balaban J connectivity index is 2.49. The van der Waals surface area contributed by atoms with Gasteiger partial charge in [0.15, 0.2) is 0 Å². The maximum atomic E-state index is 11.7. The summed E-state index contributed by atoms with van der Waals surface area (Å²) in [7, 11) is 0. The Labute approximate surface area is 111 Å². The van der Waals surface area contributed by atoms with E-state index in [2.05, 4.69) is 17.6 Å². The summed E-state index contributed by atoms with van der Waals surface area (Å²) in [6.07, 6.45) is 1.23. The summed E-state index contributed by atoms with van der Waals surface area (Å²) < 4.78 is 0. The van der Waals surface area contributed by atoms with Gasteiger partial charge in [0.2, 0.25) is 0 Å². The van der Waals surface area contributed by atoms with Gasteiger partial charge in [-0.1, -0.05) is 13.8 Å². The Hall–Kier alpha value is -1.79. The third-order valence-corrected chi connectivity index (χ3v) is 3.76. The molecule has 1 fully saturated rings. The molecule has 1 aliphatic rings. The first kappa shape index (κ1) is 15.3. The lowest BCUT2D eigenvalue weighted by atomic mass is 9.98. The van der Waals surface area contributed by atoms with Crippen molar-refractivity contribution in [2.24, 2.45) is 11.8 Å². The van der Waals surface area contributed by atoms with Crippen LogP contribution in [0.2, 0.25) is 0 Å². The average molecular weight is 272 g/mol.